The first-order chi connectivity index (χ1) is 9.13. The van der Waals surface area contributed by atoms with Crippen LogP contribution in [0, 0.1) is 6.92 Å². The number of aliphatic imine (C=N–C) groups is 1. The fraction of sp³-hybridized carbons (Fsp3) is 0.154. The molecule has 0 aliphatic carbocycles. The quantitative estimate of drug-likeness (QED) is 0.564. The van der Waals surface area contributed by atoms with Gasteiger partial charge in [0.25, 0.3) is 5.56 Å². The van der Waals surface area contributed by atoms with Gasteiger partial charge in [-0.2, -0.15) is 0 Å². The van der Waals surface area contributed by atoms with E-state index in [1.807, 2.05) is 30.3 Å². The Hall–Kier alpha value is -2.63. The lowest BCUT2D eigenvalue weighted by Crippen LogP contribution is -2.25. The molecule has 6 nitrogen and oxygen atoms in total. The summed E-state index contributed by atoms with van der Waals surface area (Å²) < 4.78 is 0. The highest BCUT2D eigenvalue weighted by molar-refractivity contribution is 5.90. The van der Waals surface area contributed by atoms with Crippen LogP contribution in [0.1, 0.15) is 11.3 Å². The van der Waals surface area contributed by atoms with Crippen LogP contribution in [0.5, 0.6) is 0 Å². The molecule has 0 amide bonds. The molecule has 19 heavy (non-hydrogen) atoms. The fourth-order valence-corrected chi connectivity index (χ4v) is 1.56. The first kappa shape index (κ1) is 12.8. The first-order valence-electron chi connectivity index (χ1n) is 5.82. The number of benzene rings is 1. The minimum Gasteiger partial charge on any atom is -0.370 e. The van der Waals surface area contributed by atoms with E-state index in [0.29, 0.717) is 18.2 Å². The second kappa shape index (κ2) is 5.81. The summed E-state index contributed by atoms with van der Waals surface area (Å²) in [7, 11) is 0. The van der Waals surface area contributed by atoms with E-state index in [1.165, 1.54) is 6.07 Å². The van der Waals surface area contributed by atoms with Gasteiger partial charge in [-0.05, 0) is 12.5 Å². The van der Waals surface area contributed by atoms with Crippen molar-refractivity contribution < 1.29 is 0 Å². The first-order valence-corrected chi connectivity index (χ1v) is 5.82. The van der Waals surface area contributed by atoms with Crippen molar-refractivity contribution in [1.82, 2.24) is 9.97 Å². The zero-order chi connectivity index (χ0) is 13.7. The van der Waals surface area contributed by atoms with E-state index < -0.39 is 0 Å². The predicted molar refractivity (Wildman–Crippen MR) is 75.0 cm³/mol. The number of rotatable bonds is 3. The molecule has 0 radical (unpaired) electrons. The van der Waals surface area contributed by atoms with Gasteiger partial charge in [-0.25, -0.2) is 9.98 Å². The van der Waals surface area contributed by atoms with Crippen LogP contribution in [0.3, 0.4) is 0 Å². The molecule has 0 saturated heterocycles. The Morgan fingerprint density at radius 2 is 2.16 bits per heavy atom. The molecular formula is C13H15N5O. The van der Waals surface area contributed by atoms with Gasteiger partial charge in [0.15, 0.2) is 5.96 Å². The summed E-state index contributed by atoms with van der Waals surface area (Å²) >= 11 is 0. The summed E-state index contributed by atoms with van der Waals surface area (Å²) in [6.07, 6.45) is 0. The molecule has 0 aliphatic rings. The number of aromatic nitrogens is 2. The van der Waals surface area contributed by atoms with E-state index in [9.17, 15) is 4.79 Å². The number of aryl methyl sites for hydroxylation is 1. The molecule has 0 saturated carbocycles. The minimum atomic E-state index is -0.231. The highest BCUT2D eigenvalue weighted by Crippen LogP contribution is 2.00. The highest BCUT2D eigenvalue weighted by atomic mass is 16.1. The number of aromatic amines is 1. The van der Waals surface area contributed by atoms with Gasteiger partial charge in [0.1, 0.15) is 0 Å². The van der Waals surface area contributed by atoms with E-state index in [0.717, 1.165) is 5.56 Å². The highest BCUT2D eigenvalue weighted by Gasteiger charge is 1.99. The Morgan fingerprint density at radius 3 is 2.84 bits per heavy atom. The summed E-state index contributed by atoms with van der Waals surface area (Å²) in [6, 6.07) is 11.1. The molecule has 1 aromatic heterocycles. The van der Waals surface area contributed by atoms with Crippen molar-refractivity contribution in [3.63, 3.8) is 0 Å². The lowest BCUT2D eigenvalue weighted by atomic mass is 10.2. The fourth-order valence-electron chi connectivity index (χ4n) is 1.56. The number of nitrogens with one attached hydrogen (secondary N) is 2. The number of anilines is 1. The van der Waals surface area contributed by atoms with Gasteiger partial charge < -0.3 is 5.73 Å². The van der Waals surface area contributed by atoms with Crippen LogP contribution in [0.15, 0.2) is 46.2 Å². The van der Waals surface area contributed by atoms with Crippen LogP contribution < -0.4 is 16.6 Å². The van der Waals surface area contributed by atoms with Gasteiger partial charge in [0.2, 0.25) is 5.95 Å². The number of nitrogens with two attached hydrogens (primary N) is 1. The van der Waals surface area contributed by atoms with Crippen LogP contribution in [-0.4, -0.2) is 15.9 Å². The number of hydrogen-bond donors (Lipinski definition) is 3. The second-order valence-electron chi connectivity index (χ2n) is 4.05. The van der Waals surface area contributed by atoms with Crippen molar-refractivity contribution in [3.05, 3.63) is 58.0 Å². The molecule has 0 aliphatic heterocycles. The predicted octanol–water partition coefficient (Wildman–Crippen LogP) is 1.01. The molecular weight excluding hydrogens is 242 g/mol. The molecule has 1 heterocycles. The summed E-state index contributed by atoms with van der Waals surface area (Å²) in [5.74, 6) is 0.497. The van der Waals surface area contributed by atoms with Crippen molar-refractivity contribution in [2.45, 2.75) is 13.5 Å². The maximum atomic E-state index is 11.3. The molecule has 1 aromatic carbocycles. The molecule has 0 fully saturated rings. The van der Waals surface area contributed by atoms with E-state index in [1.54, 1.807) is 6.92 Å². The Morgan fingerprint density at radius 1 is 1.42 bits per heavy atom. The molecule has 2 rings (SSSR count). The Kier molecular flexibility index (Phi) is 3.92. The zero-order valence-electron chi connectivity index (χ0n) is 10.6. The summed E-state index contributed by atoms with van der Waals surface area (Å²) in [6.45, 7) is 2.20. The number of H-pyrrole nitrogens is 1. The molecule has 2 aromatic rings. The van der Waals surface area contributed by atoms with E-state index in [4.69, 9.17) is 5.73 Å². The molecule has 0 bridgehead atoms. The molecule has 98 valence electrons. The molecule has 6 heteroatoms. The van der Waals surface area contributed by atoms with Crippen molar-refractivity contribution in [2.75, 3.05) is 5.32 Å². The average Bonchev–Trinajstić information content (AvgIpc) is 2.36. The second-order valence-corrected chi connectivity index (χ2v) is 4.05. The summed E-state index contributed by atoms with van der Waals surface area (Å²) in [5.41, 5.74) is 7.17. The standard InChI is InChI=1S/C13H15N5O/c1-9-7-11(19)17-13(16-9)18-12(14)15-8-10-5-3-2-4-6-10/h2-7H,8H2,1H3,(H4,14,15,16,17,18,19). The lowest BCUT2D eigenvalue weighted by molar-refractivity contribution is 1.04. The summed E-state index contributed by atoms with van der Waals surface area (Å²) in [4.78, 5) is 22.1. The van der Waals surface area contributed by atoms with Crippen LogP contribution in [0.2, 0.25) is 0 Å². The van der Waals surface area contributed by atoms with Crippen LogP contribution in [0.4, 0.5) is 5.95 Å². The third-order valence-electron chi connectivity index (χ3n) is 2.39. The van der Waals surface area contributed by atoms with Gasteiger partial charge in [-0.3, -0.25) is 15.1 Å². The van der Waals surface area contributed by atoms with Crippen LogP contribution >= 0.6 is 0 Å². The normalized spacial score (nSPS) is 11.3. The third-order valence-corrected chi connectivity index (χ3v) is 2.39. The van der Waals surface area contributed by atoms with Crippen molar-refractivity contribution >= 4 is 11.9 Å². The largest absolute Gasteiger partial charge is 0.370 e. The number of nitrogens with zero attached hydrogens (tertiary/aromatic N) is 2. The maximum absolute atomic E-state index is 11.3. The molecule has 4 N–H and O–H groups in total. The average molecular weight is 257 g/mol. The van der Waals surface area contributed by atoms with Gasteiger partial charge in [-0.1, -0.05) is 30.3 Å². The molecule has 0 spiro atoms. The Bertz CT molecular complexity index is 633. The van der Waals surface area contributed by atoms with Crippen LogP contribution in [-0.2, 0) is 6.54 Å². The SMILES string of the molecule is Cc1cc(=O)[nH]c(NC(N)=NCc2ccccc2)n1. The zero-order valence-corrected chi connectivity index (χ0v) is 10.6. The lowest BCUT2D eigenvalue weighted by Gasteiger charge is -2.05. The van der Waals surface area contributed by atoms with Crippen molar-refractivity contribution in [1.29, 1.82) is 0 Å². The van der Waals surface area contributed by atoms with Gasteiger partial charge in [0, 0.05) is 11.8 Å². The molecule has 0 atom stereocenters. The third kappa shape index (κ3) is 3.95. The van der Waals surface area contributed by atoms with Gasteiger partial charge in [-0.15, -0.1) is 0 Å². The Labute approximate surface area is 110 Å². The molecule has 0 unspecified atom stereocenters. The van der Waals surface area contributed by atoms with Crippen LogP contribution in [0.25, 0.3) is 0 Å². The van der Waals surface area contributed by atoms with Crippen molar-refractivity contribution in [2.24, 2.45) is 10.7 Å². The number of guanidine groups is 1. The van der Waals surface area contributed by atoms with Crippen molar-refractivity contribution in [3.8, 4) is 0 Å². The minimum absolute atomic E-state index is 0.206. The summed E-state index contributed by atoms with van der Waals surface area (Å²) in [5, 5.41) is 2.75. The van der Waals surface area contributed by atoms with E-state index in [-0.39, 0.29) is 11.5 Å². The smallest absolute Gasteiger partial charge is 0.252 e. The van der Waals surface area contributed by atoms with E-state index >= 15 is 0 Å². The Balaban J connectivity index is 2.04. The van der Waals surface area contributed by atoms with Gasteiger partial charge >= 0.3 is 0 Å². The van der Waals surface area contributed by atoms with E-state index in [2.05, 4.69) is 20.3 Å². The number of hydrogen-bond acceptors (Lipinski definition) is 3. The maximum Gasteiger partial charge on any atom is 0.252 e. The van der Waals surface area contributed by atoms with Gasteiger partial charge in [0.05, 0.1) is 6.54 Å². The topological polar surface area (TPSA) is 96.2 Å². The monoisotopic (exact) mass is 257 g/mol.